The normalized spacial score (nSPS) is 38.3. The first kappa shape index (κ1) is 46.7. The number of hydrogen-bond donors (Lipinski definition) is 5. The van der Waals surface area contributed by atoms with Gasteiger partial charge in [0.15, 0.2) is 5.78 Å². The summed E-state index contributed by atoms with van der Waals surface area (Å²) in [6.07, 6.45) is 4.94. The van der Waals surface area contributed by atoms with Gasteiger partial charge >= 0.3 is 11.9 Å². The molecule has 0 spiro atoms. The highest BCUT2D eigenvalue weighted by Crippen LogP contribution is 2.77. The average Bonchev–Trinajstić information content (AvgIpc) is 3.50. The molecule has 2 amide bonds. The summed E-state index contributed by atoms with van der Waals surface area (Å²) in [6.45, 7) is 21.1. The fraction of sp³-hybridized carbons (Fsp3) is 0.740. The van der Waals surface area contributed by atoms with Crippen LogP contribution in [0.25, 0.3) is 0 Å². The highest BCUT2D eigenvalue weighted by Gasteiger charge is 2.71. The fourth-order valence-corrected chi connectivity index (χ4v) is 15.1. The highest BCUT2D eigenvalue weighted by molar-refractivity contribution is 6.30. The zero-order valence-electron chi connectivity index (χ0n) is 38.5. The third kappa shape index (κ3) is 7.08. The Balaban J connectivity index is 1.10. The van der Waals surface area contributed by atoms with E-state index in [4.69, 9.17) is 16.3 Å². The Kier molecular flexibility index (Phi) is 12.1. The maximum Gasteiger partial charge on any atom is 0.309 e. The number of amides is 2. The van der Waals surface area contributed by atoms with Gasteiger partial charge in [0.05, 0.1) is 24.0 Å². The largest absolute Gasteiger partial charge is 0.481 e. The predicted octanol–water partition coefficient (Wildman–Crippen LogP) is 7.94. The van der Waals surface area contributed by atoms with E-state index in [0.717, 1.165) is 56.1 Å². The summed E-state index contributed by atoms with van der Waals surface area (Å²) in [5.74, 6) is -2.45. The second kappa shape index (κ2) is 16.0. The molecule has 0 radical (unpaired) electrons. The van der Waals surface area contributed by atoms with Crippen molar-refractivity contribution in [3.8, 4) is 0 Å². The fourth-order valence-electron chi connectivity index (χ4n) is 15.0. The molecule has 342 valence electrons. The summed E-state index contributed by atoms with van der Waals surface area (Å²) in [5, 5.41) is 38.5. The molecule has 1 aromatic carbocycles. The SMILES string of the molecule is CC(C)C1=C2[C@H]3CC[C@@H]4[C@@]5(C)CC[C@H](OC(=O)[C@H]6C[C@@H](C(=O)O)C6(C)C)C(C)(C)[C@@H]5CC[C@@]4(C)[C@]3(C)CC[C@@]2([C@@H](O)CNC(=O)[C@@H](NC(=O)c2ccc(Cl)cc2)C(C)O)CC1=O. The van der Waals surface area contributed by atoms with Crippen LogP contribution in [0.15, 0.2) is 35.4 Å². The minimum atomic E-state index is -1.27. The first-order valence-corrected chi connectivity index (χ1v) is 23.6. The van der Waals surface area contributed by atoms with Crippen molar-refractivity contribution in [3.05, 3.63) is 46.0 Å². The van der Waals surface area contributed by atoms with Crippen LogP contribution < -0.4 is 10.6 Å². The minimum absolute atomic E-state index is 0.0139. The lowest BCUT2D eigenvalue weighted by atomic mass is 9.33. The topological polar surface area (TPSA) is 179 Å². The number of carbonyl (C=O) groups excluding carboxylic acids is 4. The van der Waals surface area contributed by atoms with Gasteiger partial charge in [0.2, 0.25) is 5.91 Å². The molecule has 6 aliphatic carbocycles. The number of ether oxygens (including phenoxy) is 1. The molecule has 0 heterocycles. The first-order chi connectivity index (χ1) is 28.8. The number of allylic oxidation sites excluding steroid dienone is 1. The van der Waals surface area contributed by atoms with Crippen LogP contribution in [0.4, 0.5) is 0 Å². The van der Waals surface area contributed by atoms with Crippen LogP contribution in [0.3, 0.4) is 0 Å². The van der Waals surface area contributed by atoms with Crippen molar-refractivity contribution in [1.29, 1.82) is 0 Å². The van der Waals surface area contributed by atoms with Crippen molar-refractivity contribution in [2.75, 3.05) is 6.54 Å². The van der Waals surface area contributed by atoms with Gasteiger partial charge in [-0.2, -0.15) is 0 Å². The van der Waals surface area contributed by atoms with Gasteiger partial charge in [0.25, 0.3) is 5.91 Å². The molecule has 12 heteroatoms. The molecule has 1 aromatic rings. The zero-order chi connectivity index (χ0) is 45.7. The van der Waals surface area contributed by atoms with Gasteiger partial charge in [-0.05, 0) is 140 Å². The Hall–Kier alpha value is -3.28. The summed E-state index contributed by atoms with van der Waals surface area (Å²) >= 11 is 5.99. The van der Waals surface area contributed by atoms with Crippen LogP contribution in [0, 0.1) is 68.0 Å². The van der Waals surface area contributed by atoms with Gasteiger partial charge in [-0.15, -0.1) is 0 Å². The molecular formula is C50H71ClN2O9. The number of ketones is 1. The number of aliphatic carboxylic acids is 1. The highest BCUT2D eigenvalue weighted by atomic mass is 35.5. The number of benzene rings is 1. The standard InChI is InChI=1S/C50H71ClN2O9/c1-26(2)38-33(55)24-50(36(56)25-52-42(58)40(27(3)54)53-41(57)28-11-13-29(51)14-12-28)22-21-48(9)30(39(38)50)15-16-35-47(8)19-18-37(46(6,7)34(47)17-20-49(35,48)10)62-44(61)32-23-31(43(59)60)45(32,4)5/h11-14,26-27,30-32,34-37,40,54,56H,15-25H2,1-10H3,(H,52,58)(H,53,57)(H,59,60)/t27?,30-,31+,32-,34+,35-,36+,37+,40+,47+,48-,49-,50+/m1/s1. The van der Waals surface area contributed by atoms with Gasteiger partial charge in [-0.3, -0.25) is 24.0 Å². The number of esters is 1. The Morgan fingerprint density at radius 2 is 1.48 bits per heavy atom. The Labute approximate surface area is 372 Å². The van der Waals surface area contributed by atoms with E-state index in [0.29, 0.717) is 29.7 Å². The van der Waals surface area contributed by atoms with Gasteiger partial charge in [-0.1, -0.05) is 79.5 Å². The number of halogens is 1. The average molecular weight is 880 g/mol. The maximum absolute atomic E-state index is 14.2. The number of fused-ring (bicyclic) bond motifs is 7. The van der Waals surface area contributed by atoms with E-state index in [1.807, 2.05) is 13.8 Å². The second-order valence-corrected chi connectivity index (χ2v) is 23.0. The van der Waals surface area contributed by atoms with E-state index in [1.165, 1.54) is 19.1 Å². The van der Waals surface area contributed by atoms with E-state index in [2.05, 4.69) is 59.1 Å². The molecule has 5 N–H and O–H groups in total. The number of hydrogen-bond acceptors (Lipinski definition) is 8. The number of rotatable bonds is 11. The summed E-state index contributed by atoms with van der Waals surface area (Å²) in [5.41, 5.74) is 0.190. The number of aliphatic hydroxyl groups excluding tert-OH is 2. The molecule has 62 heavy (non-hydrogen) atoms. The van der Waals surface area contributed by atoms with Crippen LogP contribution >= 0.6 is 11.6 Å². The third-order valence-corrected chi connectivity index (χ3v) is 19.0. The lowest BCUT2D eigenvalue weighted by Crippen LogP contribution is -2.66. The molecule has 1 unspecified atom stereocenters. The van der Waals surface area contributed by atoms with E-state index < -0.39 is 58.7 Å². The molecule has 0 bridgehead atoms. The predicted molar refractivity (Wildman–Crippen MR) is 236 cm³/mol. The Morgan fingerprint density at radius 1 is 0.823 bits per heavy atom. The maximum atomic E-state index is 14.2. The number of Topliss-reactive ketones (excluding diaryl/α,β-unsaturated/α-hetero) is 1. The van der Waals surface area contributed by atoms with Crippen LogP contribution in [0.5, 0.6) is 0 Å². The molecule has 5 saturated carbocycles. The quantitative estimate of drug-likeness (QED) is 0.138. The minimum Gasteiger partial charge on any atom is -0.481 e. The first-order valence-electron chi connectivity index (χ1n) is 23.2. The summed E-state index contributed by atoms with van der Waals surface area (Å²) in [6, 6.07) is 4.94. The lowest BCUT2D eigenvalue weighted by Gasteiger charge is -2.72. The Morgan fingerprint density at radius 3 is 2.08 bits per heavy atom. The molecule has 7 rings (SSSR count). The van der Waals surface area contributed by atoms with Crippen LogP contribution in [-0.4, -0.2) is 75.8 Å². The van der Waals surface area contributed by atoms with Gasteiger partial charge in [0, 0.05) is 34.4 Å². The zero-order valence-corrected chi connectivity index (χ0v) is 39.3. The van der Waals surface area contributed by atoms with Gasteiger partial charge < -0.3 is 30.7 Å². The van der Waals surface area contributed by atoms with Gasteiger partial charge in [-0.25, -0.2) is 0 Å². The molecule has 11 nitrogen and oxygen atoms in total. The molecule has 0 aromatic heterocycles. The van der Waals surface area contributed by atoms with Crippen LogP contribution in [0.1, 0.15) is 144 Å². The van der Waals surface area contributed by atoms with Crippen LogP contribution in [0.2, 0.25) is 5.02 Å². The number of nitrogens with one attached hydrogen (secondary N) is 2. The van der Waals surface area contributed by atoms with Crippen molar-refractivity contribution >= 4 is 41.1 Å². The van der Waals surface area contributed by atoms with Gasteiger partial charge in [0.1, 0.15) is 12.1 Å². The van der Waals surface area contributed by atoms with Crippen molar-refractivity contribution in [1.82, 2.24) is 10.6 Å². The molecule has 13 atom stereocenters. The van der Waals surface area contributed by atoms with E-state index in [-0.39, 0.29) is 69.9 Å². The van der Waals surface area contributed by atoms with Crippen molar-refractivity contribution < 1.29 is 44.0 Å². The number of carbonyl (C=O) groups is 5. The molecule has 0 aliphatic heterocycles. The van der Waals surface area contributed by atoms with Crippen molar-refractivity contribution in [2.24, 2.45) is 68.0 Å². The Bertz CT molecular complexity index is 2030. The molecule has 6 aliphatic rings. The smallest absolute Gasteiger partial charge is 0.309 e. The summed E-state index contributed by atoms with van der Waals surface area (Å²) in [4.78, 5) is 66.3. The number of carboxylic acids is 1. The summed E-state index contributed by atoms with van der Waals surface area (Å²) in [7, 11) is 0. The van der Waals surface area contributed by atoms with Crippen molar-refractivity contribution in [2.45, 2.75) is 158 Å². The van der Waals surface area contributed by atoms with E-state index in [1.54, 1.807) is 12.1 Å². The molecule has 0 saturated heterocycles. The second-order valence-electron chi connectivity index (χ2n) is 22.6. The van der Waals surface area contributed by atoms with Crippen LogP contribution in [-0.2, 0) is 23.9 Å². The monoisotopic (exact) mass is 878 g/mol. The summed E-state index contributed by atoms with van der Waals surface area (Å²) < 4.78 is 6.40. The number of aliphatic hydroxyl groups is 2. The number of carboxylic acid groups (broad SMARTS) is 1. The lowest BCUT2D eigenvalue weighted by molar-refractivity contribution is -0.238. The van der Waals surface area contributed by atoms with E-state index >= 15 is 0 Å². The van der Waals surface area contributed by atoms with E-state index in [9.17, 15) is 39.3 Å². The molecular weight excluding hydrogens is 808 g/mol. The third-order valence-electron chi connectivity index (χ3n) is 18.8. The van der Waals surface area contributed by atoms with Crippen molar-refractivity contribution in [3.63, 3.8) is 0 Å². The molecule has 5 fully saturated rings.